The van der Waals surface area contributed by atoms with Gasteiger partial charge in [0, 0.05) is 36.8 Å². The lowest BCUT2D eigenvalue weighted by molar-refractivity contribution is 0.0508. The van der Waals surface area contributed by atoms with Gasteiger partial charge in [-0.25, -0.2) is 4.98 Å². The quantitative estimate of drug-likeness (QED) is 0.918. The molecule has 1 amide bonds. The number of piperidine rings is 1. The molecule has 2 aromatic rings. The number of nitrogens with one attached hydrogen (secondary N) is 1. The molecule has 0 spiro atoms. The molecule has 6 nitrogen and oxygen atoms in total. The lowest BCUT2D eigenvalue weighted by atomic mass is 9.76. The van der Waals surface area contributed by atoms with Crippen LogP contribution in [-0.2, 0) is 0 Å². The first kappa shape index (κ1) is 17.1. The van der Waals surface area contributed by atoms with E-state index in [0.717, 1.165) is 25.0 Å². The zero-order valence-corrected chi connectivity index (χ0v) is 15.4. The van der Waals surface area contributed by atoms with E-state index in [9.17, 15) is 9.59 Å². The molecule has 4 heterocycles. The standard InChI is InChI=1S/C20H26N4O2/c1-13(2)6-7-18-15-8-14(17-4-3-5-19(25)24(17)18)10-23(11-15)20(26)16-9-21-12-22-16/h3-5,9,12-15,18H,6-8,10-11H2,1-2H3,(H,21,22)/t14-,15+,18+/m1/s1. The molecule has 1 fully saturated rings. The molecule has 0 unspecified atom stereocenters. The third-order valence-electron chi connectivity index (χ3n) is 5.85. The highest BCUT2D eigenvalue weighted by Crippen LogP contribution is 2.43. The number of imidazole rings is 1. The second-order valence-electron chi connectivity index (χ2n) is 8.07. The minimum Gasteiger partial charge on any atom is -0.341 e. The Morgan fingerprint density at radius 1 is 1.35 bits per heavy atom. The van der Waals surface area contributed by atoms with Crippen molar-refractivity contribution in [3.8, 4) is 0 Å². The summed E-state index contributed by atoms with van der Waals surface area (Å²) in [5, 5.41) is 0. The lowest BCUT2D eigenvalue weighted by Gasteiger charge is -2.47. The van der Waals surface area contributed by atoms with Crippen LogP contribution < -0.4 is 5.56 Å². The molecule has 26 heavy (non-hydrogen) atoms. The Kier molecular flexibility index (Phi) is 4.42. The number of carbonyl (C=O) groups excluding carboxylic acids is 1. The molecule has 1 N–H and O–H groups in total. The average Bonchev–Trinajstić information content (AvgIpc) is 3.16. The van der Waals surface area contributed by atoms with E-state index in [2.05, 4.69) is 29.9 Å². The Bertz CT molecular complexity index is 840. The third-order valence-corrected chi connectivity index (χ3v) is 5.85. The van der Waals surface area contributed by atoms with E-state index in [1.165, 1.54) is 6.33 Å². The number of hydrogen-bond donors (Lipinski definition) is 1. The molecule has 3 atom stereocenters. The van der Waals surface area contributed by atoms with Gasteiger partial charge in [-0.3, -0.25) is 9.59 Å². The molecule has 2 aliphatic heterocycles. The summed E-state index contributed by atoms with van der Waals surface area (Å²) in [6, 6.07) is 5.76. The molecule has 6 heteroatoms. The van der Waals surface area contributed by atoms with Crippen molar-refractivity contribution in [3.63, 3.8) is 0 Å². The monoisotopic (exact) mass is 354 g/mol. The number of likely N-dealkylation sites (tertiary alicyclic amines) is 1. The van der Waals surface area contributed by atoms with E-state index in [1.54, 1.807) is 12.3 Å². The van der Waals surface area contributed by atoms with Crippen molar-refractivity contribution in [3.05, 3.63) is 52.5 Å². The SMILES string of the molecule is CC(C)CC[C@H]1[C@H]2C[C@H](CN(C(=O)c3cnc[nH]3)C2)c2cccc(=O)n21. The van der Waals surface area contributed by atoms with Gasteiger partial charge in [-0.05, 0) is 37.2 Å². The van der Waals surface area contributed by atoms with Gasteiger partial charge in [0.15, 0.2) is 0 Å². The van der Waals surface area contributed by atoms with Crippen molar-refractivity contribution in [1.29, 1.82) is 0 Å². The highest BCUT2D eigenvalue weighted by molar-refractivity contribution is 5.92. The highest BCUT2D eigenvalue weighted by Gasteiger charge is 2.41. The molecule has 0 aliphatic carbocycles. The van der Waals surface area contributed by atoms with E-state index >= 15 is 0 Å². The van der Waals surface area contributed by atoms with Crippen LogP contribution in [0.15, 0.2) is 35.5 Å². The van der Waals surface area contributed by atoms with Crippen LogP contribution in [0.5, 0.6) is 0 Å². The number of carbonyl (C=O) groups is 1. The lowest BCUT2D eigenvalue weighted by Crippen LogP contribution is -2.51. The largest absolute Gasteiger partial charge is 0.341 e. The number of amides is 1. The Morgan fingerprint density at radius 3 is 2.92 bits per heavy atom. The maximum atomic E-state index is 12.8. The zero-order chi connectivity index (χ0) is 18.3. The van der Waals surface area contributed by atoms with Crippen molar-refractivity contribution < 1.29 is 4.79 Å². The molecule has 0 radical (unpaired) electrons. The van der Waals surface area contributed by atoms with E-state index < -0.39 is 0 Å². The number of aromatic nitrogens is 3. The van der Waals surface area contributed by atoms with Crippen molar-refractivity contribution in [2.75, 3.05) is 13.1 Å². The first-order valence-corrected chi connectivity index (χ1v) is 9.53. The number of rotatable bonds is 4. The minimum atomic E-state index is 0.00605. The predicted octanol–water partition coefficient (Wildman–Crippen LogP) is 2.81. The van der Waals surface area contributed by atoms with E-state index in [-0.39, 0.29) is 23.4 Å². The fraction of sp³-hybridized carbons (Fsp3) is 0.550. The number of H-pyrrole nitrogens is 1. The normalized spacial score (nSPS) is 24.6. The smallest absolute Gasteiger partial charge is 0.271 e. The van der Waals surface area contributed by atoms with Gasteiger partial charge in [0.25, 0.3) is 11.5 Å². The summed E-state index contributed by atoms with van der Waals surface area (Å²) < 4.78 is 2.03. The summed E-state index contributed by atoms with van der Waals surface area (Å²) in [5.41, 5.74) is 1.72. The molecule has 138 valence electrons. The van der Waals surface area contributed by atoms with Crippen LogP contribution in [0, 0.1) is 11.8 Å². The maximum absolute atomic E-state index is 12.8. The van der Waals surface area contributed by atoms with Crippen LogP contribution in [0.25, 0.3) is 0 Å². The molecule has 0 saturated carbocycles. The molecular weight excluding hydrogens is 328 g/mol. The van der Waals surface area contributed by atoms with Gasteiger partial charge in [-0.15, -0.1) is 0 Å². The molecule has 2 aromatic heterocycles. The number of hydrogen-bond acceptors (Lipinski definition) is 3. The van der Waals surface area contributed by atoms with Gasteiger partial charge in [0.1, 0.15) is 5.69 Å². The van der Waals surface area contributed by atoms with Crippen LogP contribution in [0.1, 0.15) is 61.3 Å². The van der Waals surface area contributed by atoms with Crippen LogP contribution in [0.4, 0.5) is 0 Å². The second kappa shape index (κ2) is 6.74. The summed E-state index contributed by atoms with van der Waals surface area (Å²) in [4.78, 5) is 34.3. The third kappa shape index (κ3) is 2.97. The second-order valence-corrected chi connectivity index (χ2v) is 8.07. The first-order chi connectivity index (χ1) is 12.5. The highest BCUT2D eigenvalue weighted by atomic mass is 16.2. The summed E-state index contributed by atoms with van der Waals surface area (Å²) in [5.74, 6) is 1.16. The maximum Gasteiger partial charge on any atom is 0.271 e. The topological polar surface area (TPSA) is 71.0 Å². The van der Waals surface area contributed by atoms with Crippen molar-refractivity contribution in [2.24, 2.45) is 11.8 Å². The van der Waals surface area contributed by atoms with E-state index in [0.29, 0.717) is 30.6 Å². The van der Waals surface area contributed by atoms with Crippen molar-refractivity contribution in [2.45, 2.75) is 45.1 Å². The van der Waals surface area contributed by atoms with Crippen LogP contribution >= 0.6 is 0 Å². The summed E-state index contributed by atoms with van der Waals surface area (Å²) in [6.07, 6.45) is 6.25. The summed E-state index contributed by atoms with van der Waals surface area (Å²) in [7, 11) is 0. The van der Waals surface area contributed by atoms with Crippen LogP contribution in [-0.4, -0.2) is 38.4 Å². The van der Waals surface area contributed by atoms with Crippen LogP contribution in [0.3, 0.4) is 0 Å². The molecule has 2 aliphatic rings. The average molecular weight is 354 g/mol. The van der Waals surface area contributed by atoms with Gasteiger partial charge in [0.05, 0.1) is 12.5 Å². The molecular formula is C20H26N4O2. The van der Waals surface area contributed by atoms with Gasteiger partial charge in [-0.2, -0.15) is 0 Å². The van der Waals surface area contributed by atoms with Crippen molar-refractivity contribution >= 4 is 5.91 Å². The van der Waals surface area contributed by atoms with Gasteiger partial charge < -0.3 is 14.5 Å². The minimum absolute atomic E-state index is 0.00605. The van der Waals surface area contributed by atoms with Crippen molar-refractivity contribution in [1.82, 2.24) is 19.4 Å². The van der Waals surface area contributed by atoms with Crippen LogP contribution in [0.2, 0.25) is 0 Å². The van der Waals surface area contributed by atoms with Gasteiger partial charge in [-0.1, -0.05) is 19.9 Å². The predicted molar refractivity (Wildman–Crippen MR) is 99.2 cm³/mol. The molecule has 0 aromatic carbocycles. The number of pyridine rings is 1. The Labute approximate surface area is 153 Å². The Balaban J connectivity index is 1.67. The fourth-order valence-electron chi connectivity index (χ4n) is 4.62. The summed E-state index contributed by atoms with van der Waals surface area (Å²) in [6.45, 7) is 5.80. The van der Waals surface area contributed by atoms with Gasteiger partial charge >= 0.3 is 0 Å². The molecule has 2 bridgehead atoms. The van der Waals surface area contributed by atoms with E-state index in [1.807, 2.05) is 15.5 Å². The first-order valence-electron chi connectivity index (χ1n) is 9.53. The summed E-state index contributed by atoms with van der Waals surface area (Å²) >= 11 is 0. The number of fused-ring (bicyclic) bond motifs is 4. The molecule has 1 saturated heterocycles. The number of aromatic amines is 1. The van der Waals surface area contributed by atoms with E-state index in [4.69, 9.17) is 0 Å². The van der Waals surface area contributed by atoms with Gasteiger partial charge in [0.2, 0.25) is 0 Å². The zero-order valence-electron chi connectivity index (χ0n) is 15.4. The fourth-order valence-corrected chi connectivity index (χ4v) is 4.62. The number of nitrogens with zero attached hydrogens (tertiary/aromatic N) is 3. The Hall–Kier alpha value is -2.37. The Morgan fingerprint density at radius 2 is 2.19 bits per heavy atom. The molecule has 4 rings (SSSR count).